The predicted molar refractivity (Wildman–Crippen MR) is 86.4 cm³/mol. The fourth-order valence-corrected chi connectivity index (χ4v) is 2.32. The molecule has 1 N–H and O–H groups in total. The van der Waals surface area contributed by atoms with Crippen LogP contribution in [0.5, 0.6) is 11.5 Å². The van der Waals surface area contributed by atoms with Crippen molar-refractivity contribution in [2.45, 2.75) is 6.54 Å². The zero-order valence-electron chi connectivity index (χ0n) is 12.5. The highest BCUT2D eigenvalue weighted by molar-refractivity contribution is 5.88. The lowest BCUT2D eigenvalue weighted by atomic mass is 10.2. The van der Waals surface area contributed by atoms with Crippen LogP contribution in [0.2, 0.25) is 0 Å². The Labute approximate surface area is 128 Å². The Bertz CT molecular complexity index is 784. The van der Waals surface area contributed by atoms with E-state index in [1.165, 1.54) is 0 Å². The third-order valence-electron chi connectivity index (χ3n) is 3.48. The molecule has 22 heavy (non-hydrogen) atoms. The minimum absolute atomic E-state index is 0.605. The number of nitrogens with zero attached hydrogens (tertiary/aromatic N) is 2. The molecule has 1 aromatic heterocycles. The molecule has 0 aliphatic rings. The molecule has 112 valence electrons. The summed E-state index contributed by atoms with van der Waals surface area (Å²) in [6.45, 7) is 0.605. The van der Waals surface area contributed by atoms with E-state index >= 15 is 0 Å². The summed E-state index contributed by atoms with van der Waals surface area (Å²) in [6.07, 6.45) is 1.57. The largest absolute Gasteiger partial charge is 0.497 e. The first-order valence-corrected chi connectivity index (χ1v) is 6.96. The van der Waals surface area contributed by atoms with Crippen LogP contribution in [0.3, 0.4) is 0 Å². The lowest BCUT2D eigenvalue weighted by molar-refractivity contribution is 0.391. The fourth-order valence-electron chi connectivity index (χ4n) is 2.32. The van der Waals surface area contributed by atoms with Crippen molar-refractivity contribution < 1.29 is 9.47 Å². The highest BCUT2D eigenvalue weighted by atomic mass is 16.5. The highest BCUT2D eigenvalue weighted by Gasteiger charge is 2.07. The molecule has 5 nitrogen and oxygen atoms in total. The molecule has 5 heteroatoms. The zero-order valence-corrected chi connectivity index (χ0v) is 12.5. The number of benzene rings is 2. The van der Waals surface area contributed by atoms with E-state index in [9.17, 15) is 0 Å². The van der Waals surface area contributed by atoms with Crippen molar-refractivity contribution in [2.75, 3.05) is 19.5 Å². The van der Waals surface area contributed by atoms with E-state index < -0.39 is 0 Å². The fraction of sp³-hybridized carbons (Fsp3) is 0.176. The molecule has 0 fully saturated rings. The maximum Gasteiger partial charge on any atom is 0.137 e. The number of hydrogen-bond donors (Lipinski definition) is 1. The molecule has 0 aliphatic carbocycles. The van der Waals surface area contributed by atoms with Crippen molar-refractivity contribution in [3.8, 4) is 11.5 Å². The van der Waals surface area contributed by atoms with Gasteiger partial charge in [-0.2, -0.15) is 0 Å². The van der Waals surface area contributed by atoms with E-state index in [-0.39, 0.29) is 0 Å². The molecule has 0 saturated carbocycles. The summed E-state index contributed by atoms with van der Waals surface area (Å²) in [6, 6.07) is 13.7. The van der Waals surface area contributed by atoms with Crippen molar-refractivity contribution >= 4 is 16.7 Å². The molecule has 0 aliphatic heterocycles. The Morgan fingerprint density at radius 1 is 1.00 bits per heavy atom. The maximum absolute atomic E-state index is 5.41. The van der Waals surface area contributed by atoms with Crippen molar-refractivity contribution in [3.05, 3.63) is 54.4 Å². The minimum atomic E-state index is 0.605. The average molecular weight is 295 g/mol. The number of rotatable bonds is 5. The normalized spacial score (nSPS) is 10.5. The van der Waals surface area contributed by atoms with Gasteiger partial charge in [0.05, 0.1) is 19.7 Å². The number of nitrogens with one attached hydrogen (secondary N) is 1. The molecule has 2 aromatic carbocycles. The van der Waals surface area contributed by atoms with Crippen LogP contribution >= 0.6 is 0 Å². The molecule has 0 bridgehead atoms. The van der Waals surface area contributed by atoms with Gasteiger partial charge >= 0.3 is 0 Å². The molecular weight excluding hydrogens is 278 g/mol. The van der Waals surface area contributed by atoms with Gasteiger partial charge in [-0.1, -0.05) is 12.1 Å². The van der Waals surface area contributed by atoms with E-state index in [0.717, 1.165) is 33.8 Å². The van der Waals surface area contributed by atoms with Gasteiger partial charge in [0, 0.05) is 23.6 Å². The van der Waals surface area contributed by atoms with Gasteiger partial charge in [0.25, 0.3) is 0 Å². The zero-order chi connectivity index (χ0) is 15.4. The first-order chi connectivity index (χ1) is 10.8. The Morgan fingerprint density at radius 2 is 1.86 bits per heavy atom. The highest BCUT2D eigenvalue weighted by Crippen LogP contribution is 2.26. The first kappa shape index (κ1) is 14.1. The molecule has 0 spiro atoms. The SMILES string of the molecule is COc1ccc(CNc2ncnc3ccccc23)c(OC)c1. The van der Waals surface area contributed by atoms with E-state index in [1.54, 1.807) is 20.5 Å². The number of aromatic nitrogens is 2. The summed E-state index contributed by atoms with van der Waals surface area (Å²) < 4.78 is 10.6. The smallest absolute Gasteiger partial charge is 0.137 e. The lowest BCUT2D eigenvalue weighted by Crippen LogP contribution is -2.04. The van der Waals surface area contributed by atoms with Gasteiger partial charge in [-0.3, -0.25) is 0 Å². The van der Waals surface area contributed by atoms with Crippen LogP contribution in [-0.4, -0.2) is 24.2 Å². The first-order valence-electron chi connectivity index (χ1n) is 6.96. The summed E-state index contributed by atoms with van der Waals surface area (Å²) in [4.78, 5) is 8.58. The van der Waals surface area contributed by atoms with Crippen LogP contribution in [0.4, 0.5) is 5.82 Å². The number of anilines is 1. The second-order valence-electron chi connectivity index (χ2n) is 4.77. The number of hydrogen-bond acceptors (Lipinski definition) is 5. The number of methoxy groups -OCH3 is 2. The van der Waals surface area contributed by atoms with Crippen LogP contribution < -0.4 is 14.8 Å². The van der Waals surface area contributed by atoms with Gasteiger partial charge in [0.1, 0.15) is 23.6 Å². The van der Waals surface area contributed by atoms with Crippen molar-refractivity contribution in [2.24, 2.45) is 0 Å². The standard InChI is InChI=1S/C17H17N3O2/c1-21-13-8-7-12(16(9-13)22-2)10-18-17-14-5-3-4-6-15(14)19-11-20-17/h3-9,11H,10H2,1-2H3,(H,18,19,20). The molecular formula is C17H17N3O2. The molecule has 0 radical (unpaired) electrons. The van der Waals surface area contributed by atoms with E-state index in [4.69, 9.17) is 9.47 Å². The Morgan fingerprint density at radius 3 is 2.68 bits per heavy atom. The molecule has 0 amide bonds. The second kappa shape index (κ2) is 6.30. The van der Waals surface area contributed by atoms with Gasteiger partial charge < -0.3 is 14.8 Å². The number of fused-ring (bicyclic) bond motifs is 1. The second-order valence-corrected chi connectivity index (χ2v) is 4.77. The third kappa shape index (κ3) is 2.79. The summed E-state index contributed by atoms with van der Waals surface area (Å²) in [5.74, 6) is 2.36. The molecule has 0 saturated heterocycles. The topological polar surface area (TPSA) is 56.3 Å². The molecule has 0 atom stereocenters. The summed E-state index contributed by atoms with van der Waals surface area (Å²) in [7, 11) is 3.29. The van der Waals surface area contributed by atoms with Gasteiger partial charge in [0.15, 0.2) is 0 Å². The van der Waals surface area contributed by atoms with Crippen LogP contribution in [0.15, 0.2) is 48.8 Å². The van der Waals surface area contributed by atoms with Gasteiger partial charge in [-0.15, -0.1) is 0 Å². The van der Waals surface area contributed by atoms with E-state index in [1.807, 2.05) is 42.5 Å². The Kier molecular flexibility index (Phi) is 4.05. The molecule has 1 heterocycles. The summed E-state index contributed by atoms with van der Waals surface area (Å²) in [5.41, 5.74) is 1.95. The van der Waals surface area contributed by atoms with Gasteiger partial charge in [0.2, 0.25) is 0 Å². The third-order valence-corrected chi connectivity index (χ3v) is 3.48. The lowest BCUT2D eigenvalue weighted by Gasteiger charge is -2.12. The van der Waals surface area contributed by atoms with Crippen molar-refractivity contribution in [1.82, 2.24) is 9.97 Å². The Balaban J connectivity index is 1.85. The van der Waals surface area contributed by atoms with E-state index in [2.05, 4.69) is 15.3 Å². The number of para-hydroxylation sites is 1. The molecule has 0 unspecified atom stereocenters. The van der Waals surface area contributed by atoms with Crippen LogP contribution in [0, 0.1) is 0 Å². The summed E-state index contributed by atoms with van der Waals surface area (Å²) in [5, 5.41) is 4.34. The van der Waals surface area contributed by atoms with Crippen molar-refractivity contribution in [3.63, 3.8) is 0 Å². The van der Waals surface area contributed by atoms with Crippen molar-refractivity contribution in [1.29, 1.82) is 0 Å². The quantitative estimate of drug-likeness (QED) is 0.783. The average Bonchev–Trinajstić information content (AvgIpc) is 2.59. The molecule has 3 aromatic rings. The van der Waals surface area contributed by atoms with Gasteiger partial charge in [-0.25, -0.2) is 9.97 Å². The minimum Gasteiger partial charge on any atom is -0.497 e. The Hall–Kier alpha value is -2.82. The van der Waals surface area contributed by atoms with Crippen LogP contribution in [0.1, 0.15) is 5.56 Å². The maximum atomic E-state index is 5.41. The van der Waals surface area contributed by atoms with Crippen LogP contribution in [-0.2, 0) is 6.54 Å². The number of ether oxygens (including phenoxy) is 2. The predicted octanol–water partition coefficient (Wildman–Crippen LogP) is 3.26. The monoisotopic (exact) mass is 295 g/mol. The summed E-state index contributed by atoms with van der Waals surface area (Å²) >= 11 is 0. The van der Waals surface area contributed by atoms with Gasteiger partial charge in [-0.05, 0) is 24.3 Å². The molecule has 3 rings (SSSR count). The van der Waals surface area contributed by atoms with E-state index in [0.29, 0.717) is 6.54 Å². The van der Waals surface area contributed by atoms with Crippen LogP contribution in [0.25, 0.3) is 10.9 Å².